The first kappa shape index (κ1) is 13.0. The van der Waals surface area contributed by atoms with Crippen molar-refractivity contribution in [1.82, 2.24) is 5.32 Å². The molecule has 1 aromatic heterocycles. The lowest BCUT2D eigenvalue weighted by Gasteiger charge is -1.97. The molecule has 0 spiro atoms. The van der Waals surface area contributed by atoms with Crippen molar-refractivity contribution in [3.05, 3.63) is 34.0 Å². The van der Waals surface area contributed by atoms with Crippen LogP contribution in [0.25, 0.3) is 0 Å². The van der Waals surface area contributed by atoms with E-state index in [0.717, 1.165) is 24.1 Å². The molecule has 3 heteroatoms. The van der Waals surface area contributed by atoms with Gasteiger partial charge in [0.25, 0.3) is 5.91 Å². The molecule has 2 nitrogen and oxygen atoms in total. The number of aryl methyl sites for hydroxylation is 2. The van der Waals surface area contributed by atoms with Crippen molar-refractivity contribution in [2.45, 2.75) is 33.1 Å². The van der Waals surface area contributed by atoms with Crippen LogP contribution in [-0.4, -0.2) is 12.5 Å². The maximum Gasteiger partial charge on any atom is 0.261 e. The van der Waals surface area contributed by atoms with Gasteiger partial charge in [0.2, 0.25) is 0 Å². The van der Waals surface area contributed by atoms with E-state index in [1.54, 1.807) is 17.4 Å². The summed E-state index contributed by atoms with van der Waals surface area (Å²) in [6.45, 7) is 8.41. The molecule has 0 unspecified atom stereocenters. The van der Waals surface area contributed by atoms with E-state index in [1.165, 1.54) is 10.4 Å². The second kappa shape index (κ2) is 6.48. The van der Waals surface area contributed by atoms with Crippen LogP contribution in [0.5, 0.6) is 0 Å². The van der Waals surface area contributed by atoms with Gasteiger partial charge in [0.15, 0.2) is 0 Å². The first-order chi connectivity index (χ1) is 7.72. The quantitative estimate of drug-likeness (QED) is 0.756. The summed E-state index contributed by atoms with van der Waals surface area (Å²) in [6.07, 6.45) is 4.89. The van der Waals surface area contributed by atoms with Gasteiger partial charge in [0.05, 0.1) is 4.88 Å². The van der Waals surface area contributed by atoms with Crippen LogP contribution in [-0.2, 0) is 12.8 Å². The van der Waals surface area contributed by atoms with Gasteiger partial charge in [-0.1, -0.05) is 26.3 Å². The Balaban J connectivity index is 2.80. The molecule has 0 fully saturated rings. The van der Waals surface area contributed by atoms with Crippen LogP contribution in [0.4, 0.5) is 0 Å². The van der Waals surface area contributed by atoms with Crippen molar-refractivity contribution in [2.24, 2.45) is 0 Å². The first-order valence-electron chi connectivity index (χ1n) is 5.73. The van der Waals surface area contributed by atoms with Gasteiger partial charge in [-0.25, -0.2) is 0 Å². The Kier molecular flexibility index (Phi) is 5.26. The van der Waals surface area contributed by atoms with Crippen LogP contribution in [0, 0.1) is 0 Å². The molecule has 1 aromatic rings. The summed E-state index contributed by atoms with van der Waals surface area (Å²) in [5, 5.41) is 2.81. The average Bonchev–Trinajstić information content (AvgIpc) is 2.69. The Morgan fingerprint density at radius 1 is 1.56 bits per heavy atom. The van der Waals surface area contributed by atoms with Gasteiger partial charge in [0, 0.05) is 11.4 Å². The van der Waals surface area contributed by atoms with Crippen molar-refractivity contribution in [3.63, 3.8) is 0 Å². The Labute approximate surface area is 101 Å². The van der Waals surface area contributed by atoms with Crippen LogP contribution in [0.15, 0.2) is 18.7 Å². The third-order valence-electron chi connectivity index (χ3n) is 2.39. The Morgan fingerprint density at radius 3 is 2.88 bits per heavy atom. The molecule has 1 amide bonds. The van der Waals surface area contributed by atoms with Gasteiger partial charge in [-0.05, 0) is 24.5 Å². The first-order valence-corrected chi connectivity index (χ1v) is 6.55. The second-order valence-corrected chi connectivity index (χ2v) is 4.80. The van der Waals surface area contributed by atoms with Gasteiger partial charge in [-0.15, -0.1) is 17.9 Å². The number of hydrogen-bond acceptors (Lipinski definition) is 2. The summed E-state index contributed by atoms with van der Waals surface area (Å²) in [5.74, 6) is 0.0157. The lowest BCUT2D eigenvalue weighted by molar-refractivity contribution is 0.0962. The molecule has 0 atom stereocenters. The topological polar surface area (TPSA) is 29.1 Å². The minimum atomic E-state index is 0.0157. The minimum Gasteiger partial charge on any atom is -0.348 e. The molecule has 0 aliphatic carbocycles. The predicted molar refractivity (Wildman–Crippen MR) is 70.2 cm³/mol. The Morgan fingerprint density at radius 2 is 2.31 bits per heavy atom. The second-order valence-electron chi connectivity index (χ2n) is 3.66. The zero-order chi connectivity index (χ0) is 12.0. The summed E-state index contributed by atoms with van der Waals surface area (Å²) in [4.78, 5) is 13.9. The van der Waals surface area contributed by atoms with Crippen molar-refractivity contribution >= 4 is 17.2 Å². The molecule has 1 rings (SSSR count). The summed E-state index contributed by atoms with van der Waals surface area (Å²) >= 11 is 1.62. The smallest absolute Gasteiger partial charge is 0.261 e. The SMILES string of the molecule is C=CCNC(=O)c1cc(CC)c(CCC)s1. The van der Waals surface area contributed by atoms with Gasteiger partial charge in [0.1, 0.15) is 0 Å². The summed E-state index contributed by atoms with van der Waals surface area (Å²) in [5.41, 5.74) is 1.32. The highest BCUT2D eigenvalue weighted by Gasteiger charge is 2.12. The number of nitrogens with one attached hydrogen (secondary N) is 1. The molecular formula is C13H19NOS. The normalized spacial score (nSPS) is 10.1. The van der Waals surface area contributed by atoms with E-state index < -0.39 is 0 Å². The van der Waals surface area contributed by atoms with E-state index >= 15 is 0 Å². The molecule has 0 radical (unpaired) electrons. The largest absolute Gasteiger partial charge is 0.348 e. The lowest BCUT2D eigenvalue weighted by Crippen LogP contribution is -2.22. The minimum absolute atomic E-state index is 0.0157. The molecule has 0 bridgehead atoms. The van der Waals surface area contributed by atoms with Crippen molar-refractivity contribution < 1.29 is 4.79 Å². The zero-order valence-electron chi connectivity index (χ0n) is 10.0. The van der Waals surface area contributed by atoms with E-state index in [9.17, 15) is 4.79 Å². The van der Waals surface area contributed by atoms with Gasteiger partial charge in [-0.3, -0.25) is 4.79 Å². The highest BCUT2D eigenvalue weighted by molar-refractivity contribution is 7.14. The van der Waals surface area contributed by atoms with Crippen molar-refractivity contribution in [3.8, 4) is 0 Å². The average molecular weight is 237 g/mol. The molecule has 0 aliphatic rings. The highest BCUT2D eigenvalue weighted by Crippen LogP contribution is 2.24. The van der Waals surface area contributed by atoms with E-state index in [1.807, 2.05) is 6.07 Å². The molecule has 0 aliphatic heterocycles. The van der Waals surface area contributed by atoms with Crippen LogP contribution in [0.1, 0.15) is 40.4 Å². The van der Waals surface area contributed by atoms with E-state index in [-0.39, 0.29) is 5.91 Å². The number of hydrogen-bond donors (Lipinski definition) is 1. The molecular weight excluding hydrogens is 218 g/mol. The van der Waals surface area contributed by atoms with Gasteiger partial charge in [-0.2, -0.15) is 0 Å². The van der Waals surface area contributed by atoms with Gasteiger partial charge >= 0.3 is 0 Å². The van der Waals surface area contributed by atoms with Gasteiger partial charge < -0.3 is 5.32 Å². The molecule has 1 heterocycles. The van der Waals surface area contributed by atoms with E-state index in [0.29, 0.717) is 6.54 Å². The third-order valence-corrected chi connectivity index (χ3v) is 3.62. The van der Waals surface area contributed by atoms with Crippen LogP contribution < -0.4 is 5.32 Å². The molecule has 0 saturated heterocycles. The van der Waals surface area contributed by atoms with Crippen LogP contribution in [0.3, 0.4) is 0 Å². The third kappa shape index (κ3) is 3.20. The summed E-state index contributed by atoms with van der Waals surface area (Å²) < 4.78 is 0. The van der Waals surface area contributed by atoms with Crippen molar-refractivity contribution in [2.75, 3.05) is 6.54 Å². The van der Waals surface area contributed by atoms with E-state index in [4.69, 9.17) is 0 Å². The summed E-state index contributed by atoms with van der Waals surface area (Å²) in [7, 11) is 0. The Bertz CT molecular complexity index is 368. The fourth-order valence-corrected chi connectivity index (χ4v) is 2.84. The number of thiophene rings is 1. The standard InChI is InChI=1S/C13H19NOS/c1-4-7-11-10(6-3)9-12(16-11)13(15)14-8-5-2/h5,9H,2,4,6-8H2,1,3H3,(H,14,15). The maximum atomic E-state index is 11.7. The Hall–Kier alpha value is -1.09. The molecule has 16 heavy (non-hydrogen) atoms. The zero-order valence-corrected chi connectivity index (χ0v) is 10.8. The number of carbonyl (C=O) groups excluding carboxylic acids is 1. The lowest BCUT2D eigenvalue weighted by atomic mass is 10.1. The van der Waals surface area contributed by atoms with E-state index in [2.05, 4.69) is 25.7 Å². The number of amides is 1. The number of carbonyl (C=O) groups is 1. The molecule has 0 saturated carbocycles. The number of rotatable bonds is 6. The fraction of sp³-hybridized carbons (Fsp3) is 0.462. The molecule has 1 N–H and O–H groups in total. The molecule has 88 valence electrons. The predicted octanol–water partition coefficient (Wildman–Crippen LogP) is 3.18. The monoisotopic (exact) mass is 237 g/mol. The molecule has 0 aromatic carbocycles. The summed E-state index contributed by atoms with van der Waals surface area (Å²) in [6, 6.07) is 2.02. The van der Waals surface area contributed by atoms with Crippen LogP contribution in [0.2, 0.25) is 0 Å². The van der Waals surface area contributed by atoms with Crippen molar-refractivity contribution in [1.29, 1.82) is 0 Å². The van der Waals surface area contributed by atoms with Crippen LogP contribution >= 0.6 is 11.3 Å². The maximum absolute atomic E-state index is 11.7. The fourth-order valence-electron chi connectivity index (χ4n) is 1.57. The highest BCUT2D eigenvalue weighted by atomic mass is 32.1.